The van der Waals surface area contributed by atoms with Gasteiger partial charge in [0.15, 0.2) is 0 Å². The van der Waals surface area contributed by atoms with E-state index in [2.05, 4.69) is 0 Å². The lowest BCUT2D eigenvalue weighted by Crippen LogP contribution is -2.19. The third kappa shape index (κ3) is 2.30. The molecule has 2 nitrogen and oxygen atoms in total. The molecule has 0 saturated carbocycles. The Balaban J connectivity index is 2.20. The quantitative estimate of drug-likeness (QED) is 0.822. The SMILES string of the molecule is NC(c1ccccc1)[C@H](O)c1ccccc1. The van der Waals surface area contributed by atoms with Gasteiger partial charge in [-0.05, 0) is 11.1 Å². The molecule has 2 aromatic rings. The van der Waals surface area contributed by atoms with Gasteiger partial charge in [-0.15, -0.1) is 0 Å². The lowest BCUT2D eigenvalue weighted by atomic mass is 9.97. The smallest absolute Gasteiger partial charge is 0.0982 e. The number of aliphatic hydroxyl groups excluding tert-OH is 1. The zero-order valence-corrected chi connectivity index (χ0v) is 8.95. The number of nitrogens with two attached hydrogens (primary N) is 1. The predicted molar refractivity (Wildman–Crippen MR) is 64.8 cm³/mol. The van der Waals surface area contributed by atoms with Crippen LogP contribution < -0.4 is 5.73 Å². The van der Waals surface area contributed by atoms with Crippen LogP contribution in [0.25, 0.3) is 0 Å². The van der Waals surface area contributed by atoms with Gasteiger partial charge >= 0.3 is 0 Å². The summed E-state index contributed by atoms with van der Waals surface area (Å²) in [6.07, 6.45) is -0.663. The molecule has 3 N–H and O–H groups in total. The topological polar surface area (TPSA) is 46.2 Å². The van der Waals surface area contributed by atoms with Crippen LogP contribution in [-0.2, 0) is 0 Å². The first-order valence-corrected chi connectivity index (χ1v) is 5.32. The molecule has 0 saturated heterocycles. The van der Waals surface area contributed by atoms with Gasteiger partial charge in [0, 0.05) is 0 Å². The summed E-state index contributed by atoms with van der Waals surface area (Å²) in [6, 6.07) is 18.7. The van der Waals surface area contributed by atoms with Gasteiger partial charge in [0.1, 0.15) is 0 Å². The van der Waals surface area contributed by atoms with Crippen molar-refractivity contribution in [3.8, 4) is 0 Å². The van der Waals surface area contributed by atoms with Crippen molar-refractivity contribution >= 4 is 0 Å². The van der Waals surface area contributed by atoms with E-state index in [-0.39, 0.29) is 6.04 Å². The monoisotopic (exact) mass is 213 g/mol. The van der Waals surface area contributed by atoms with Gasteiger partial charge in [-0.25, -0.2) is 0 Å². The van der Waals surface area contributed by atoms with Crippen LogP contribution in [0.15, 0.2) is 60.7 Å². The van der Waals surface area contributed by atoms with Crippen molar-refractivity contribution < 1.29 is 5.11 Å². The van der Waals surface area contributed by atoms with Crippen molar-refractivity contribution in [1.82, 2.24) is 0 Å². The number of hydrogen-bond donors (Lipinski definition) is 2. The summed E-state index contributed by atoms with van der Waals surface area (Å²) in [5.74, 6) is 0. The standard InChI is InChI=1S/C14H15NO/c15-13(11-7-3-1-4-8-11)14(16)12-9-5-2-6-10-12/h1-10,13-14,16H,15H2/t13?,14-/m1/s1. The molecule has 2 rings (SSSR count). The van der Waals surface area contributed by atoms with Crippen molar-refractivity contribution in [3.63, 3.8) is 0 Å². The summed E-state index contributed by atoms with van der Waals surface area (Å²) in [6.45, 7) is 0. The molecule has 2 aromatic carbocycles. The molecule has 16 heavy (non-hydrogen) atoms. The fourth-order valence-electron chi connectivity index (χ4n) is 1.72. The molecular formula is C14H15NO. The minimum absolute atomic E-state index is 0.386. The lowest BCUT2D eigenvalue weighted by molar-refractivity contribution is 0.147. The zero-order valence-electron chi connectivity index (χ0n) is 8.95. The number of hydrogen-bond acceptors (Lipinski definition) is 2. The Morgan fingerprint density at radius 1 is 0.750 bits per heavy atom. The van der Waals surface area contributed by atoms with Crippen molar-refractivity contribution in [2.75, 3.05) is 0 Å². The average Bonchev–Trinajstić information content (AvgIpc) is 2.39. The summed E-state index contributed by atoms with van der Waals surface area (Å²) < 4.78 is 0. The summed E-state index contributed by atoms with van der Waals surface area (Å²) in [4.78, 5) is 0. The van der Waals surface area contributed by atoms with Gasteiger partial charge in [0.25, 0.3) is 0 Å². The number of aliphatic hydroxyl groups is 1. The van der Waals surface area contributed by atoms with Crippen LogP contribution in [0.5, 0.6) is 0 Å². The van der Waals surface area contributed by atoms with E-state index in [1.165, 1.54) is 0 Å². The van der Waals surface area contributed by atoms with Gasteiger partial charge in [-0.2, -0.15) is 0 Å². The predicted octanol–water partition coefficient (Wildman–Crippen LogP) is 2.42. The van der Waals surface area contributed by atoms with Crippen LogP contribution in [0.4, 0.5) is 0 Å². The maximum atomic E-state index is 10.1. The maximum absolute atomic E-state index is 10.1. The fourth-order valence-corrected chi connectivity index (χ4v) is 1.72. The molecule has 0 amide bonds. The highest BCUT2D eigenvalue weighted by molar-refractivity contribution is 5.25. The highest BCUT2D eigenvalue weighted by Gasteiger charge is 2.17. The molecule has 0 spiro atoms. The first kappa shape index (κ1) is 10.9. The van der Waals surface area contributed by atoms with E-state index in [1.54, 1.807) is 0 Å². The van der Waals surface area contributed by atoms with Crippen molar-refractivity contribution in [2.24, 2.45) is 5.73 Å². The minimum atomic E-state index is -0.663. The van der Waals surface area contributed by atoms with Gasteiger partial charge < -0.3 is 10.8 Å². The molecule has 2 heteroatoms. The maximum Gasteiger partial charge on any atom is 0.0982 e. The van der Waals surface area contributed by atoms with E-state index < -0.39 is 6.10 Å². The molecule has 0 heterocycles. The van der Waals surface area contributed by atoms with E-state index in [4.69, 9.17) is 5.73 Å². The molecule has 0 aromatic heterocycles. The van der Waals surface area contributed by atoms with Crippen LogP contribution in [0, 0.1) is 0 Å². The molecular weight excluding hydrogens is 198 g/mol. The molecule has 0 aliphatic heterocycles. The van der Waals surface area contributed by atoms with E-state index in [0.717, 1.165) is 11.1 Å². The van der Waals surface area contributed by atoms with Crippen molar-refractivity contribution in [3.05, 3.63) is 71.8 Å². The van der Waals surface area contributed by atoms with Crippen LogP contribution in [-0.4, -0.2) is 5.11 Å². The molecule has 0 fully saturated rings. The van der Waals surface area contributed by atoms with Gasteiger partial charge in [-0.1, -0.05) is 60.7 Å². The molecule has 0 aliphatic carbocycles. The highest BCUT2D eigenvalue weighted by atomic mass is 16.3. The third-order valence-corrected chi connectivity index (χ3v) is 2.67. The van der Waals surface area contributed by atoms with Crippen LogP contribution >= 0.6 is 0 Å². The second-order valence-corrected chi connectivity index (χ2v) is 3.79. The zero-order chi connectivity index (χ0) is 11.4. The second-order valence-electron chi connectivity index (χ2n) is 3.79. The second kappa shape index (κ2) is 4.92. The Hall–Kier alpha value is -1.64. The summed E-state index contributed by atoms with van der Waals surface area (Å²) >= 11 is 0. The molecule has 1 unspecified atom stereocenters. The summed E-state index contributed by atoms with van der Waals surface area (Å²) in [5, 5.41) is 10.1. The van der Waals surface area contributed by atoms with E-state index >= 15 is 0 Å². The minimum Gasteiger partial charge on any atom is -0.386 e. The summed E-state index contributed by atoms with van der Waals surface area (Å²) in [7, 11) is 0. The Bertz CT molecular complexity index is 384. The number of benzene rings is 2. The first-order chi connectivity index (χ1) is 7.79. The van der Waals surface area contributed by atoms with Gasteiger partial charge in [-0.3, -0.25) is 0 Å². The van der Waals surface area contributed by atoms with Crippen LogP contribution in [0.3, 0.4) is 0 Å². The largest absolute Gasteiger partial charge is 0.386 e. The molecule has 82 valence electrons. The van der Waals surface area contributed by atoms with E-state index in [0.29, 0.717) is 0 Å². The van der Waals surface area contributed by atoms with Crippen molar-refractivity contribution in [2.45, 2.75) is 12.1 Å². The Morgan fingerprint density at radius 3 is 1.69 bits per heavy atom. The van der Waals surface area contributed by atoms with Crippen LogP contribution in [0.2, 0.25) is 0 Å². The summed E-state index contributed by atoms with van der Waals surface area (Å²) in [5.41, 5.74) is 7.81. The van der Waals surface area contributed by atoms with Gasteiger partial charge in [0.2, 0.25) is 0 Å². The lowest BCUT2D eigenvalue weighted by Gasteiger charge is -2.19. The molecule has 0 bridgehead atoms. The fraction of sp³-hybridized carbons (Fsp3) is 0.143. The highest BCUT2D eigenvalue weighted by Crippen LogP contribution is 2.25. The Labute approximate surface area is 95.4 Å². The Kier molecular flexibility index (Phi) is 3.34. The van der Waals surface area contributed by atoms with E-state index in [9.17, 15) is 5.11 Å². The number of rotatable bonds is 3. The third-order valence-electron chi connectivity index (χ3n) is 2.67. The molecule has 0 aliphatic rings. The normalized spacial score (nSPS) is 14.4. The van der Waals surface area contributed by atoms with Gasteiger partial charge in [0.05, 0.1) is 12.1 Å². The van der Waals surface area contributed by atoms with Crippen LogP contribution in [0.1, 0.15) is 23.3 Å². The Morgan fingerprint density at radius 2 is 1.19 bits per heavy atom. The molecule has 0 radical (unpaired) electrons. The molecule has 2 atom stereocenters. The van der Waals surface area contributed by atoms with E-state index in [1.807, 2.05) is 60.7 Å². The average molecular weight is 213 g/mol. The van der Waals surface area contributed by atoms with Crippen molar-refractivity contribution in [1.29, 1.82) is 0 Å². The first-order valence-electron chi connectivity index (χ1n) is 5.32.